The minimum atomic E-state index is 0.0244. The van der Waals surface area contributed by atoms with Gasteiger partial charge in [0.15, 0.2) is 0 Å². The SMILES string of the molecule is CSc1cc(OCc2ccccn2)cc(-c2cc(C)c(=O)n(C)c2)c1. The highest BCUT2D eigenvalue weighted by Crippen LogP contribution is 2.30. The van der Waals surface area contributed by atoms with Crippen molar-refractivity contribution in [2.45, 2.75) is 18.4 Å². The molecule has 0 unspecified atom stereocenters. The number of thioether (sulfide) groups is 1. The van der Waals surface area contributed by atoms with E-state index < -0.39 is 0 Å². The summed E-state index contributed by atoms with van der Waals surface area (Å²) in [5, 5.41) is 0. The van der Waals surface area contributed by atoms with Crippen molar-refractivity contribution in [3.63, 3.8) is 0 Å². The molecule has 0 fully saturated rings. The summed E-state index contributed by atoms with van der Waals surface area (Å²) in [5.41, 5.74) is 3.67. The van der Waals surface area contributed by atoms with E-state index in [0.717, 1.165) is 33.0 Å². The van der Waals surface area contributed by atoms with Gasteiger partial charge >= 0.3 is 0 Å². The molecule has 128 valence electrons. The normalized spacial score (nSPS) is 10.7. The Morgan fingerprint density at radius 2 is 2.00 bits per heavy atom. The third kappa shape index (κ3) is 4.12. The average molecular weight is 352 g/mol. The summed E-state index contributed by atoms with van der Waals surface area (Å²) in [6, 6.07) is 13.8. The van der Waals surface area contributed by atoms with Crippen LogP contribution in [0.25, 0.3) is 11.1 Å². The summed E-state index contributed by atoms with van der Waals surface area (Å²) in [6.45, 7) is 2.26. The summed E-state index contributed by atoms with van der Waals surface area (Å²) >= 11 is 1.66. The van der Waals surface area contributed by atoms with E-state index in [9.17, 15) is 4.79 Å². The van der Waals surface area contributed by atoms with E-state index in [1.54, 1.807) is 29.6 Å². The number of rotatable bonds is 5. The second-order valence-electron chi connectivity index (χ2n) is 5.83. The van der Waals surface area contributed by atoms with E-state index in [-0.39, 0.29) is 5.56 Å². The van der Waals surface area contributed by atoms with Crippen LogP contribution in [0, 0.1) is 6.92 Å². The van der Waals surface area contributed by atoms with Crippen molar-refractivity contribution in [2.24, 2.45) is 7.05 Å². The molecule has 0 atom stereocenters. The third-order valence-corrected chi connectivity index (χ3v) is 4.63. The minimum Gasteiger partial charge on any atom is -0.487 e. The van der Waals surface area contributed by atoms with Crippen molar-refractivity contribution in [1.82, 2.24) is 9.55 Å². The molecule has 0 aliphatic rings. The second-order valence-corrected chi connectivity index (χ2v) is 6.71. The number of aryl methyl sites for hydroxylation is 2. The molecule has 0 amide bonds. The van der Waals surface area contributed by atoms with Gasteiger partial charge < -0.3 is 9.30 Å². The number of nitrogens with zero attached hydrogens (tertiary/aromatic N) is 2. The fourth-order valence-corrected chi connectivity index (χ4v) is 3.09. The van der Waals surface area contributed by atoms with Crippen LogP contribution in [0.1, 0.15) is 11.3 Å². The minimum absolute atomic E-state index is 0.0244. The molecule has 0 aliphatic carbocycles. The van der Waals surface area contributed by atoms with E-state index in [1.807, 2.05) is 55.8 Å². The molecule has 5 heteroatoms. The highest BCUT2D eigenvalue weighted by Gasteiger charge is 2.08. The van der Waals surface area contributed by atoms with Gasteiger partial charge in [0.25, 0.3) is 5.56 Å². The van der Waals surface area contributed by atoms with Crippen LogP contribution in [-0.4, -0.2) is 15.8 Å². The molecule has 2 aromatic heterocycles. The van der Waals surface area contributed by atoms with Gasteiger partial charge in [-0.05, 0) is 60.7 Å². The van der Waals surface area contributed by atoms with Crippen LogP contribution in [0.5, 0.6) is 5.75 Å². The lowest BCUT2D eigenvalue weighted by Crippen LogP contribution is -2.18. The van der Waals surface area contributed by atoms with Gasteiger partial charge in [-0.15, -0.1) is 11.8 Å². The van der Waals surface area contributed by atoms with E-state index in [0.29, 0.717) is 6.61 Å². The topological polar surface area (TPSA) is 44.1 Å². The molecule has 0 spiro atoms. The lowest BCUT2D eigenvalue weighted by Gasteiger charge is -2.12. The molecule has 0 aliphatic heterocycles. The third-order valence-electron chi connectivity index (χ3n) is 3.92. The van der Waals surface area contributed by atoms with Crippen LogP contribution in [0.15, 0.2) is 64.5 Å². The summed E-state index contributed by atoms with van der Waals surface area (Å²) in [7, 11) is 1.77. The van der Waals surface area contributed by atoms with Crippen molar-refractivity contribution in [3.8, 4) is 16.9 Å². The molecule has 3 rings (SSSR count). The van der Waals surface area contributed by atoms with Crippen LogP contribution in [-0.2, 0) is 13.7 Å². The van der Waals surface area contributed by atoms with E-state index in [4.69, 9.17) is 4.74 Å². The molecule has 2 heterocycles. The first-order chi connectivity index (χ1) is 12.1. The first-order valence-electron chi connectivity index (χ1n) is 7.96. The van der Waals surface area contributed by atoms with Gasteiger partial charge in [0, 0.05) is 29.9 Å². The molecule has 25 heavy (non-hydrogen) atoms. The van der Waals surface area contributed by atoms with Crippen LogP contribution < -0.4 is 10.3 Å². The van der Waals surface area contributed by atoms with Crippen molar-refractivity contribution >= 4 is 11.8 Å². The zero-order valence-electron chi connectivity index (χ0n) is 14.5. The standard InChI is InChI=1S/C20H20N2O2S/c1-14-8-16(12-22(2)20(14)23)15-9-18(11-19(10-15)25-3)24-13-17-6-4-5-7-21-17/h4-12H,13H2,1-3H3. The largest absolute Gasteiger partial charge is 0.487 e. The van der Waals surface area contributed by atoms with Crippen LogP contribution in [0.4, 0.5) is 0 Å². The highest BCUT2D eigenvalue weighted by atomic mass is 32.2. The lowest BCUT2D eigenvalue weighted by atomic mass is 10.1. The summed E-state index contributed by atoms with van der Waals surface area (Å²) in [4.78, 5) is 17.3. The van der Waals surface area contributed by atoms with Gasteiger partial charge in [-0.1, -0.05) is 6.07 Å². The van der Waals surface area contributed by atoms with Crippen molar-refractivity contribution in [3.05, 3.63) is 76.5 Å². The molecule has 0 radical (unpaired) electrons. The molecule has 4 nitrogen and oxygen atoms in total. The Kier molecular flexibility index (Phi) is 5.24. The maximum atomic E-state index is 11.9. The molecule has 1 aromatic carbocycles. The number of hydrogen-bond acceptors (Lipinski definition) is 4. The predicted molar refractivity (Wildman–Crippen MR) is 102 cm³/mol. The van der Waals surface area contributed by atoms with E-state index in [2.05, 4.69) is 11.1 Å². The van der Waals surface area contributed by atoms with Gasteiger partial charge in [0.05, 0.1) is 5.69 Å². The predicted octanol–water partition coefficient (Wildman–Crippen LogP) is 4.06. The molecule has 0 N–H and O–H groups in total. The van der Waals surface area contributed by atoms with Crippen LogP contribution in [0.2, 0.25) is 0 Å². The Morgan fingerprint density at radius 3 is 2.68 bits per heavy atom. The Bertz CT molecular complexity index is 910. The zero-order chi connectivity index (χ0) is 17.8. The first kappa shape index (κ1) is 17.3. The Balaban J connectivity index is 1.94. The molecule has 0 saturated heterocycles. The summed E-state index contributed by atoms with van der Waals surface area (Å²) < 4.78 is 7.55. The lowest BCUT2D eigenvalue weighted by molar-refractivity contribution is 0.301. The molecular formula is C20H20N2O2S. The maximum Gasteiger partial charge on any atom is 0.253 e. The smallest absolute Gasteiger partial charge is 0.253 e. The summed E-state index contributed by atoms with van der Waals surface area (Å²) in [5.74, 6) is 0.791. The molecule has 0 saturated carbocycles. The molecule has 0 bridgehead atoms. The van der Waals surface area contributed by atoms with Gasteiger partial charge in [-0.25, -0.2) is 0 Å². The number of ether oxygens (including phenoxy) is 1. The highest BCUT2D eigenvalue weighted by molar-refractivity contribution is 7.98. The monoisotopic (exact) mass is 352 g/mol. The fourth-order valence-electron chi connectivity index (χ4n) is 2.62. The molecular weight excluding hydrogens is 332 g/mol. The van der Waals surface area contributed by atoms with Crippen molar-refractivity contribution in [2.75, 3.05) is 6.26 Å². The number of pyridine rings is 2. The zero-order valence-corrected chi connectivity index (χ0v) is 15.3. The van der Waals surface area contributed by atoms with E-state index in [1.165, 1.54) is 0 Å². The summed E-state index contributed by atoms with van der Waals surface area (Å²) in [6.07, 6.45) is 5.65. The Hall–Kier alpha value is -2.53. The van der Waals surface area contributed by atoms with Crippen molar-refractivity contribution < 1.29 is 4.74 Å². The average Bonchev–Trinajstić information content (AvgIpc) is 2.64. The Morgan fingerprint density at radius 1 is 1.16 bits per heavy atom. The quantitative estimate of drug-likeness (QED) is 0.650. The van der Waals surface area contributed by atoms with Crippen LogP contribution >= 0.6 is 11.8 Å². The van der Waals surface area contributed by atoms with Gasteiger partial charge in [-0.3, -0.25) is 9.78 Å². The number of benzene rings is 1. The van der Waals surface area contributed by atoms with Gasteiger partial charge in [0.2, 0.25) is 0 Å². The number of hydrogen-bond donors (Lipinski definition) is 0. The second kappa shape index (κ2) is 7.57. The van der Waals surface area contributed by atoms with Gasteiger partial charge in [0.1, 0.15) is 12.4 Å². The van der Waals surface area contributed by atoms with E-state index >= 15 is 0 Å². The van der Waals surface area contributed by atoms with Crippen LogP contribution in [0.3, 0.4) is 0 Å². The number of aromatic nitrogens is 2. The first-order valence-corrected chi connectivity index (χ1v) is 9.19. The van der Waals surface area contributed by atoms with Gasteiger partial charge in [-0.2, -0.15) is 0 Å². The Labute approximate surface area is 151 Å². The fraction of sp³-hybridized carbons (Fsp3) is 0.200. The van der Waals surface area contributed by atoms with Crippen molar-refractivity contribution in [1.29, 1.82) is 0 Å². The maximum absolute atomic E-state index is 11.9. The molecule has 3 aromatic rings.